The van der Waals surface area contributed by atoms with E-state index in [2.05, 4.69) is 5.32 Å². The minimum absolute atomic E-state index is 0.0227. The molecule has 0 aliphatic heterocycles. The number of nitro groups is 1. The standard InChI is InChI=1S/C14H22N2O4/c1-10(2)20-13-8-11(7-12(9-13)16(18)19)15-14(3,4)5-6-17/h7-10,15,17H,5-6H2,1-4H3. The molecule has 0 unspecified atom stereocenters. The first kappa shape index (κ1) is 16.2. The maximum atomic E-state index is 11.0. The predicted octanol–water partition coefficient (Wildman–Crippen LogP) is 2.95. The summed E-state index contributed by atoms with van der Waals surface area (Å²) in [6.45, 7) is 7.61. The van der Waals surface area contributed by atoms with Crippen molar-refractivity contribution >= 4 is 11.4 Å². The Kier molecular flexibility index (Phi) is 5.33. The van der Waals surface area contributed by atoms with Gasteiger partial charge in [-0.1, -0.05) is 0 Å². The second-order valence-corrected chi connectivity index (χ2v) is 5.62. The fourth-order valence-electron chi connectivity index (χ4n) is 1.83. The molecule has 0 radical (unpaired) electrons. The Morgan fingerprint density at radius 1 is 1.40 bits per heavy atom. The number of non-ortho nitro benzene ring substituents is 1. The summed E-state index contributed by atoms with van der Waals surface area (Å²) < 4.78 is 5.53. The van der Waals surface area contributed by atoms with E-state index in [-0.39, 0.29) is 23.9 Å². The van der Waals surface area contributed by atoms with Crippen LogP contribution in [-0.4, -0.2) is 28.3 Å². The molecule has 6 nitrogen and oxygen atoms in total. The zero-order chi connectivity index (χ0) is 15.3. The second kappa shape index (κ2) is 6.56. The van der Waals surface area contributed by atoms with Gasteiger partial charge >= 0.3 is 0 Å². The zero-order valence-corrected chi connectivity index (χ0v) is 12.3. The molecule has 1 rings (SSSR count). The summed E-state index contributed by atoms with van der Waals surface area (Å²) in [5.74, 6) is 0.455. The van der Waals surface area contributed by atoms with Crippen LogP contribution in [0.1, 0.15) is 34.1 Å². The van der Waals surface area contributed by atoms with Gasteiger partial charge in [0, 0.05) is 30.0 Å². The normalized spacial score (nSPS) is 11.5. The van der Waals surface area contributed by atoms with Crippen molar-refractivity contribution in [3.05, 3.63) is 28.3 Å². The Bertz CT molecular complexity index is 472. The van der Waals surface area contributed by atoms with Gasteiger partial charge in [-0.15, -0.1) is 0 Å². The van der Waals surface area contributed by atoms with Crippen LogP contribution in [0, 0.1) is 10.1 Å². The molecule has 0 spiro atoms. The van der Waals surface area contributed by atoms with Crippen LogP contribution in [0.15, 0.2) is 18.2 Å². The maximum absolute atomic E-state index is 11.0. The van der Waals surface area contributed by atoms with Crippen LogP contribution in [0.3, 0.4) is 0 Å². The molecule has 20 heavy (non-hydrogen) atoms. The SMILES string of the molecule is CC(C)Oc1cc(NC(C)(C)CCO)cc([N+](=O)[O-])c1. The van der Waals surface area contributed by atoms with Crippen molar-refractivity contribution in [2.45, 2.75) is 45.8 Å². The van der Waals surface area contributed by atoms with Gasteiger partial charge in [-0.05, 0) is 34.1 Å². The first-order valence-corrected chi connectivity index (χ1v) is 6.59. The summed E-state index contributed by atoms with van der Waals surface area (Å²) in [4.78, 5) is 10.5. The topological polar surface area (TPSA) is 84.6 Å². The summed E-state index contributed by atoms with van der Waals surface area (Å²) in [5.41, 5.74) is 0.220. The number of hydrogen-bond donors (Lipinski definition) is 2. The quantitative estimate of drug-likeness (QED) is 0.593. The number of nitrogens with one attached hydrogen (secondary N) is 1. The highest BCUT2D eigenvalue weighted by Gasteiger charge is 2.19. The van der Waals surface area contributed by atoms with Gasteiger partial charge in [-0.2, -0.15) is 0 Å². The van der Waals surface area contributed by atoms with Crippen molar-refractivity contribution in [2.24, 2.45) is 0 Å². The van der Waals surface area contributed by atoms with E-state index in [1.165, 1.54) is 12.1 Å². The molecule has 0 bridgehead atoms. The van der Waals surface area contributed by atoms with Crippen LogP contribution in [0.5, 0.6) is 5.75 Å². The third kappa shape index (κ3) is 5.05. The van der Waals surface area contributed by atoms with Crippen molar-refractivity contribution < 1.29 is 14.8 Å². The maximum Gasteiger partial charge on any atom is 0.275 e. The van der Waals surface area contributed by atoms with Crippen molar-refractivity contribution in [3.63, 3.8) is 0 Å². The molecule has 112 valence electrons. The third-order valence-electron chi connectivity index (χ3n) is 2.69. The molecule has 0 amide bonds. The van der Waals surface area contributed by atoms with Crippen molar-refractivity contribution in [2.75, 3.05) is 11.9 Å². The highest BCUT2D eigenvalue weighted by Crippen LogP contribution is 2.29. The lowest BCUT2D eigenvalue weighted by molar-refractivity contribution is -0.384. The summed E-state index contributed by atoms with van der Waals surface area (Å²) in [5, 5.41) is 23.2. The lowest BCUT2D eigenvalue weighted by Crippen LogP contribution is -2.31. The Labute approximate surface area is 118 Å². The molecule has 0 saturated heterocycles. The molecule has 2 N–H and O–H groups in total. The van der Waals surface area contributed by atoms with Gasteiger partial charge in [0.25, 0.3) is 5.69 Å². The number of nitro benzene ring substituents is 1. The Hall–Kier alpha value is -1.82. The van der Waals surface area contributed by atoms with Gasteiger partial charge in [0.15, 0.2) is 0 Å². The first-order chi connectivity index (χ1) is 9.23. The average Bonchev–Trinajstić information content (AvgIpc) is 2.26. The molecular weight excluding hydrogens is 260 g/mol. The third-order valence-corrected chi connectivity index (χ3v) is 2.69. The van der Waals surface area contributed by atoms with Gasteiger partial charge < -0.3 is 15.2 Å². The largest absolute Gasteiger partial charge is 0.491 e. The predicted molar refractivity (Wildman–Crippen MR) is 78.3 cm³/mol. The number of rotatable bonds is 7. The van der Waals surface area contributed by atoms with E-state index in [1.54, 1.807) is 6.07 Å². The summed E-state index contributed by atoms with van der Waals surface area (Å²) >= 11 is 0. The van der Waals surface area contributed by atoms with Crippen molar-refractivity contribution in [1.82, 2.24) is 0 Å². The number of ether oxygens (including phenoxy) is 1. The molecule has 0 saturated carbocycles. The molecular formula is C14H22N2O4. The minimum Gasteiger partial charge on any atom is -0.491 e. The van der Waals surface area contributed by atoms with Crippen LogP contribution in [0.2, 0.25) is 0 Å². The number of benzene rings is 1. The molecule has 1 aromatic carbocycles. The molecule has 1 aromatic rings. The van der Waals surface area contributed by atoms with Crippen LogP contribution in [0.25, 0.3) is 0 Å². The van der Waals surface area contributed by atoms with Gasteiger partial charge in [-0.3, -0.25) is 10.1 Å². The average molecular weight is 282 g/mol. The number of hydrogen-bond acceptors (Lipinski definition) is 5. The Morgan fingerprint density at radius 2 is 2.05 bits per heavy atom. The smallest absolute Gasteiger partial charge is 0.275 e. The minimum atomic E-state index is -0.447. The molecule has 0 heterocycles. The lowest BCUT2D eigenvalue weighted by Gasteiger charge is -2.27. The van der Waals surface area contributed by atoms with E-state index in [4.69, 9.17) is 9.84 Å². The van der Waals surface area contributed by atoms with E-state index >= 15 is 0 Å². The number of aliphatic hydroxyl groups is 1. The molecule has 0 aromatic heterocycles. The van der Waals surface area contributed by atoms with E-state index in [9.17, 15) is 10.1 Å². The Balaban J connectivity index is 3.05. The Morgan fingerprint density at radius 3 is 2.55 bits per heavy atom. The second-order valence-electron chi connectivity index (χ2n) is 5.62. The highest BCUT2D eigenvalue weighted by molar-refractivity contribution is 5.57. The summed E-state index contributed by atoms with van der Waals surface area (Å²) in [6, 6.07) is 4.60. The van der Waals surface area contributed by atoms with Crippen molar-refractivity contribution in [3.8, 4) is 5.75 Å². The molecule has 0 atom stereocenters. The van der Waals surface area contributed by atoms with Crippen LogP contribution >= 0.6 is 0 Å². The number of nitrogens with zero attached hydrogens (tertiary/aromatic N) is 1. The van der Waals surface area contributed by atoms with Crippen LogP contribution in [-0.2, 0) is 0 Å². The van der Waals surface area contributed by atoms with Crippen molar-refractivity contribution in [1.29, 1.82) is 0 Å². The molecule has 0 aliphatic carbocycles. The zero-order valence-electron chi connectivity index (χ0n) is 12.3. The fraction of sp³-hybridized carbons (Fsp3) is 0.571. The van der Waals surface area contributed by atoms with E-state index in [1.807, 2.05) is 27.7 Å². The van der Waals surface area contributed by atoms with E-state index < -0.39 is 4.92 Å². The summed E-state index contributed by atoms with van der Waals surface area (Å²) in [6.07, 6.45) is 0.478. The van der Waals surface area contributed by atoms with Crippen LogP contribution in [0.4, 0.5) is 11.4 Å². The summed E-state index contributed by atoms with van der Waals surface area (Å²) in [7, 11) is 0. The van der Waals surface area contributed by atoms with Crippen LogP contribution < -0.4 is 10.1 Å². The number of anilines is 1. The first-order valence-electron chi connectivity index (χ1n) is 6.59. The van der Waals surface area contributed by atoms with E-state index in [0.29, 0.717) is 17.9 Å². The molecule has 0 aliphatic rings. The molecule has 0 fully saturated rings. The monoisotopic (exact) mass is 282 g/mol. The fourth-order valence-corrected chi connectivity index (χ4v) is 1.83. The van der Waals surface area contributed by atoms with Gasteiger partial charge in [0.1, 0.15) is 5.75 Å². The number of aliphatic hydroxyl groups excluding tert-OH is 1. The van der Waals surface area contributed by atoms with Gasteiger partial charge in [0.05, 0.1) is 17.1 Å². The highest BCUT2D eigenvalue weighted by atomic mass is 16.6. The van der Waals surface area contributed by atoms with Gasteiger partial charge in [-0.25, -0.2) is 0 Å². The van der Waals surface area contributed by atoms with Gasteiger partial charge in [0.2, 0.25) is 0 Å². The lowest BCUT2D eigenvalue weighted by atomic mass is 10.0. The van der Waals surface area contributed by atoms with E-state index in [0.717, 1.165) is 0 Å². The molecule has 6 heteroatoms.